The molecule has 0 aromatic heterocycles. The summed E-state index contributed by atoms with van der Waals surface area (Å²) < 4.78 is 5.21. The Kier molecular flexibility index (Phi) is 5.64. The number of carbonyl (C=O) groups is 2. The Morgan fingerprint density at radius 1 is 1.33 bits per heavy atom. The molecule has 0 unspecified atom stereocenters. The first-order valence-corrected chi connectivity index (χ1v) is 6.04. The summed E-state index contributed by atoms with van der Waals surface area (Å²) in [5.41, 5.74) is -0.724. The number of hydrogen-bond acceptors (Lipinski definition) is 3. The minimum absolute atomic E-state index is 0.186. The van der Waals surface area contributed by atoms with E-state index in [9.17, 15) is 9.59 Å². The third kappa shape index (κ3) is 4.75. The van der Waals surface area contributed by atoms with Gasteiger partial charge in [-0.3, -0.25) is 4.79 Å². The van der Waals surface area contributed by atoms with E-state index in [1.807, 2.05) is 0 Å². The van der Waals surface area contributed by atoms with Gasteiger partial charge in [0.1, 0.15) is 0 Å². The van der Waals surface area contributed by atoms with Gasteiger partial charge in [-0.1, -0.05) is 6.08 Å². The molecule has 1 saturated carbocycles. The number of ether oxygens (including phenoxy) is 1. The molecule has 0 bridgehead atoms. The summed E-state index contributed by atoms with van der Waals surface area (Å²) in [5.74, 6) is -0.837. The highest BCUT2D eigenvalue weighted by atomic mass is 16.5. The van der Waals surface area contributed by atoms with Crippen LogP contribution in [-0.4, -0.2) is 43.4 Å². The van der Waals surface area contributed by atoms with Gasteiger partial charge in [-0.25, -0.2) is 4.79 Å². The average Bonchev–Trinajstić information content (AvgIpc) is 3.12. The Morgan fingerprint density at radius 3 is 2.61 bits per heavy atom. The maximum Gasteiger partial charge on any atom is 0.314 e. The zero-order valence-electron chi connectivity index (χ0n) is 10.4. The molecule has 0 radical (unpaired) electrons. The second-order valence-corrected chi connectivity index (χ2v) is 4.38. The fraction of sp³-hybridized carbons (Fsp3) is 0.667. The molecule has 0 heterocycles. The van der Waals surface area contributed by atoms with E-state index >= 15 is 0 Å². The van der Waals surface area contributed by atoms with Crippen molar-refractivity contribution in [2.75, 3.05) is 26.3 Å². The van der Waals surface area contributed by atoms with Gasteiger partial charge in [0, 0.05) is 13.1 Å². The highest BCUT2D eigenvalue weighted by molar-refractivity contribution is 5.80. The van der Waals surface area contributed by atoms with E-state index < -0.39 is 11.4 Å². The first kappa shape index (κ1) is 14.5. The molecule has 0 aliphatic heterocycles. The third-order valence-electron chi connectivity index (χ3n) is 2.89. The number of rotatable bonds is 9. The van der Waals surface area contributed by atoms with Crippen LogP contribution in [-0.2, 0) is 9.53 Å². The molecule has 2 amide bonds. The maximum absolute atomic E-state index is 11.3. The molecular weight excluding hydrogens is 236 g/mol. The maximum atomic E-state index is 11.3. The molecular formula is C12H20N2O4. The van der Waals surface area contributed by atoms with E-state index in [-0.39, 0.29) is 12.6 Å². The number of aliphatic carboxylic acids is 1. The predicted molar refractivity (Wildman–Crippen MR) is 66.3 cm³/mol. The van der Waals surface area contributed by atoms with Gasteiger partial charge >= 0.3 is 12.0 Å². The second-order valence-electron chi connectivity index (χ2n) is 4.38. The Balaban J connectivity index is 2.01. The summed E-state index contributed by atoms with van der Waals surface area (Å²) in [7, 11) is 0. The van der Waals surface area contributed by atoms with E-state index in [0.717, 1.165) is 6.42 Å². The monoisotopic (exact) mass is 256 g/mol. The molecule has 0 atom stereocenters. The van der Waals surface area contributed by atoms with Crippen LogP contribution in [0.25, 0.3) is 0 Å². The van der Waals surface area contributed by atoms with Crippen LogP contribution < -0.4 is 10.6 Å². The van der Waals surface area contributed by atoms with Crippen molar-refractivity contribution in [3.63, 3.8) is 0 Å². The van der Waals surface area contributed by atoms with Crippen LogP contribution >= 0.6 is 0 Å². The Hall–Kier alpha value is -1.56. The molecule has 18 heavy (non-hydrogen) atoms. The molecule has 102 valence electrons. The van der Waals surface area contributed by atoms with Crippen molar-refractivity contribution in [2.24, 2.45) is 5.41 Å². The number of carboxylic acid groups (broad SMARTS) is 1. The van der Waals surface area contributed by atoms with Gasteiger partial charge in [0.15, 0.2) is 0 Å². The number of carboxylic acids is 1. The van der Waals surface area contributed by atoms with Gasteiger partial charge in [-0.2, -0.15) is 0 Å². The van der Waals surface area contributed by atoms with Crippen LogP contribution in [0, 0.1) is 5.41 Å². The van der Waals surface area contributed by atoms with E-state index in [2.05, 4.69) is 17.2 Å². The first-order chi connectivity index (χ1) is 8.60. The number of amides is 2. The lowest BCUT2D eigenvalue weighted by Gasteiger charge is -2.12. The highest BCUT2D eigenvalue weighted by Crippen LogP contribution is 2.45. The van der Waals surface area contributed by atoms with Crippen molar-refractivity contribution in [1.29, 1.82) is 0 Å². The van der Waals surface area contributed by atoms with E-state index in [4.69, 9.17) is 9.84 Å². The number of carbonyl (C=O) groups excluding carboxylic acids is 1. The van der Waals surface area contributed by atoms with Gasteiger partial charge in [0.05, 0.1) is 18.6 Å². The predicted octanol–water partition coefficient (Wildman–Crippen LogP) is 0.743. The lowest BCUT2D eigenvalue weighted by molar-refractivity contribution is -0.143. The lowest BCUT2D eigenvalue weighted by atomic mass is 10.1. The van der Waals surface area contributed by atoms with Gasteiger partial charge < -0.3 is 20.5 Å². The zero-order valence-corrected chi connectivity index (χ0v) is 10.4. The summed E-state index contributed by atoms with van der Waals surface area (Å²) in [5, 5.41) is 14.1. The van der Waals surface area contributed by atoms with E-state index in [1.165, 1.54) is 0 Å². The van der Waals surface area contributed by atoms with E-state index in [0.29, 0.717) is 32.6 Å². The van der Waals surface area contributed by atoms with Gasteiger partial charge in [0.2, 0.25) is 0 Å². The Morgan fingerprint density at radius 2 is 2.06 bits per heavy atom. The van der Waals surface area contributed by atoms with Gasteiger partial charge in [-0.15, -0.1) is 6.58 Å². The molecule has 1 aliphatic carbocycles. The molecule has 0 aromatic rings. The standard InChI is InChI=1S/C12H20N2O4/c1-2-3-7-18-8-6-13-11(17)14-9-12(4-5-12)10(15)16/h2H,1,3-9H2,(H,15,16)(H2,13,14,17). The number of urea groups is 1. The molecule has 1 fully saturated rings. The summed E-state index contributed by atoms with van der Waals surface area (Å²) >= 11 is 0. The number of nitrogens with one attached hydrogen (secondary N) is 2. The summed E-state index contributed by atoms with van der Waals surface area (Å²) in [6, 6.07) is -0.352. The van der Waals surface area contributed by atoms with Crippen LogP contribution in [0.4, 0.5) is 4.79 Å². The third-order valence-corrected chi connectivity index (χ3v) is 2.89. The highest BCUT2D eigenvalue weighted by Gasteiger charge is 2.50. The number of hydrogen-bond donors (Lipinski definition) is 3. The topological polar surface area (TPSA) is 87.7 Å². The zero-order chi connectivity index (χ0) is 13.4. The lowest BCUT2D eigenvalue weighted by Crippen LogP contribution is -2.41. The smallest absolute Gasteiger partial charge is 0.314 e. The summed E-state index contributed by atoms with van der Waals surface area (Å²) in [6.07, 6.45) is 3.81. The molecule has 0 aromatic carbocycles. The molecule has 0 saturated heterocycles. The van der Waals surface area contributed by atoms with Crippen molar-refractivity contribution in [3.05, 3.63) is 12.7 Å². The van der Waals surface area contributed by atoms with E-state index in [1.54, 1.807) is 6.08 Å². The van der Waals surface area contributed by atoms with Crippen LogP contribution in [0.3, 0.4) is 0 Å². The fourth-order valence-electron chi connectivity index (χ4n) is 1.43. The SMILES string of the molecule is C=CCCOCCNC(=O)NCC1(C(=O)O)CC1. The largest absolute Gasteiger partial charge is 0.481 e. The first-order valence-electron chi connectivity index (χ1n) is 6.04. The van der Waals surface area contributed by atoms with Gasteiger partial charge in [0.25, 0.3) is 0 Å². The minimum Gasteiger partial charge on any atom is -0.481 e. The van der Waals surface area contributed by atoms with Crippen LogP contribution in [0.5, 0.6) is 0 Å². The van der Waals surface area contributed by atoms with Crippen molar-refractivity contribution >= 4 is 12.0 Å². The summed E-state index contributed by atoms with van der Waals surface area (Å²) in [4.78, 5) is 22.2. The minimum atomic E-state index is -0.837. The second kappa shape index (κ2) is 7.00. The molecule has 6 heteroatoms. The fourth-order valence-corrected chi connectivity index (χ4v) is 1.43. The van der Waals surface area contributed by atoms with Crippen molar-refractivity contribution in [2.45, 2.75) is 19.3 Å². The van der Waals surface area contributed by atoms with Crippen LogP contribution in [0.2, 0.25) is 0 Å². The molecule has 6 nitrogen and oxygen atoms in total. The average molecular weight is 256 g/mol. The quantitative estimate of drug-likeness (QED) is 0.419. The normalized spacial score (nSPS) is 15.8. The molecule has 0 spiro atoms. The Labute approximate surface area is 106 Å². The van der Waals surface area contributed by atoms with Crippen molar-refractivity contribution in [3.8, 4) is 0 Å². The van der Waals surface area contributed by atoms with Crippen LogP contribution in [0.15, 0.2) is 12.7 Å². The van der Waals surface area contributed by atoms with Crippen LogP contribution in [0.1, 0.15) is 19.3 Å². The summed E-state index contributed by atoms with van der Waals surface area (Å²) in [6.45, 7) is 5.19. The van der Waals surface area contributed by atoms with Gasteiger partial charge in [-0.05, 0) is 19.3 Å². The molecule has 3 N–H and O–H groups in total. The molecule has 1 rings (SSSR count). The molecule has 1 aliphatic rings. The van der Waals surface area contributed by atoms with Crippen molar-refractivity contribution < 1.29 is 19.4 Å². The Bertz CT molecular complexity index is 313. The van der Waals surface area contributed by atoms with Crippen molar-refractivity contribution in [1.82, 2.24) is 10.6 Å².